The first-order valence-electron chi connectivity index (χ1n) is 3.06. The standard InChI is InChI=1S/C5H5.C3H9N.Zr/c1-2-4-5-3-1;1-4(2)3;/h1-3H,4H2;1-3H3;/q-1;;. The van der Waals surface area contributed by atoms with Crippen LogP contribution in [0.15, 0.2) is 18.2 Å². The van der Waals surface area contributed by atoms with Gasteiger partial charge in [0, 0.05) is 26.2 Å². The largest absolute Gasteiger partial charge is 0.312 e. The van der Waals surface area contributed by atoms with Crippen LogP contribution < -0.4 is 0 Å². The SMILES string of the molecule is CN(C)C.[C-]1=CC=CC1.[Zr]. The molecule has 0 bridgehead atoms. The van der Waals surface area contributed by atoms with Crippen LogP contribution in [0.1, 0.15) is 6.42 Å². The fourth-order valence-electron chi connectivity index (χ4n) is 0.340. The van der Waals surface area contributed by atoms with E-state index in [2.05, 4.69) is 12.2 Å². The molecule has 1 aliphatic rings. The zero-order valence-electron chi connectivity index (χ0n) is 6.89. The normalized spacial score (nSPS) is 12.4. The molecule has 0 unspecified atom stereocenters. The Morgan fingerprint density at radius 1 is 1.30 bits per heavy atom. The third-order valence-corrected chi connectivity index (χ3v) is 0.586. The van der Waals surface area contributed by atoms with Crippen LogP contribution in [-0.4, -0.2) is 26.0 Å². The monoisotopic (exact) mass is 214 g/mol. The van der Waals surface area contributed by atoms with E-state index in [0.29, 0.717) is 0 Å². The molecule has 1 nitrogen and oxygen atoms in total. The van der Waals surface area contributed by atoms with Crippen molar-refractivity contribution in [1.29, 1.82) is 0 Å². The van der Waals surface area contributed by atoms with Gasteiger partial charge in [-0.2, -0.15) is 6.08 Å². The molecule has 1 aliphatic carbocycles. The molecule has 0 atom stereocenters. The molecule has 0 radical (unpaired) electrons. The molecule has 0 aromatic heterocycles. The Kier molecular flexibility index (Phi) is 12.1. The van der Waals surface area contributed by atoms with Crippen molar-refractivity contribution in [2.24, 2.45) is 0 Å². The Bertz CT molecular complexity index is 93.1. The van der Waals surface area contributed by atoms with Crippen LogP contribution in [-0.2, 0) is 26.2 Å². The molecule has 0 N–H and O–H groups in total. The topological polar surface area (TPSA) is 3.24 Å². The number of rotatable bonds is 0. The Labute approximate surface area is 82.9 Å². The molecule has 0 spiro atoms. The van der Waals surface area contributed by atoms with Crippen molar-refractivity contribution in [1.82, 2.24) is 4.90 Å². The minimum absolute atomic E-state index is 0. The Morgan fingerprint density at radius 2 is 1.80 bits per heavy atom. The maximum Gasteiger partial charge on any atom is 0 e. The number of nitrogens with zero attached hydrogens (tertiary/aromatic N) is 1. The molecule has 0 amide bonds. The molecule has 0 aliphatic heterocycles. The molecule has 10 heavy (non-hydrogen) atoms. The molecule has 0 heterocycles. The van der Waals surface area contributed by atoms with Crippen molar-refractivity contribution in [2.45, 2.75) is 6.42 Å². The Balaban J connectivity index is 0. The maximum absolute atomic E-state index is 2.99. The van der Waals surface area contributed by atoms with Crippen LogP contribution in [0.5, 0.6) is 0 Å². The van der Waals surface area contributed by atoms with E-state index in [-0.39, 0.29) is 26.2 Å². The van der Waals surface area contributed by atoms with Crippen LogP contribution in [0.25, 0.3) is 0 Å². The van der Waals surface area contributed by atoms with E-state index in [1.54, 1.807) is 0 Å². The minimum Gasteiger partial charge on any atom is -0.312 e. The molecule has 0 saturated carbocycles. The van der Waals surface area contributed by atoms with Crippen molar-refractivity contribution < 1.29 is 26.2 Å². The summed E-state index contributed by atoms with van der Waals surface area (Å²) in [5, 5.41) is 0. The van der Waals surface area contributed by atoms with Crippen LogP contribution >= 0.6 is 0 Å². The first-order chi connectivity index (χ1) is 4.23. The van der Waals surface area contributed by atoms with Gasteiger partial charge in [0.2, 0.25) is 0 Å². The van der Waals surface area contributed by atoms with Crippen molar-refractivity contribution >= 4 is 0 Å². The second-order valence-corrected chi connectivity index (χ2v) is 2.34. The summed E-state index contributed by atoms with van der Waals surface area (Å²) in [5.41, 5.74) is 0. The van der Waals surface area contributed by atoms with Crippen LogP contribution in [0.3, 0.4) is 0 Å². The summed E-state index contributed by atoms with van der Waals surface area (Å²) in [6.07, 6.45) is 10.0. The van der Waals surface area contributed by atoms with Gasteiger partial charge < -0.3 is 4.90 Å². The second-order valence-electron chi connectivity index (χ2n) is 2.34. The third kappa shape index (κ3) is 15.8. The van der Waals surface area contributed by atoms with Crippen molar-refractivity contribution in [3.8, 4) is 0 Å². The zero-order chi connectivity index (χ0) is 7.11. The van der Waals surface area contributed by atoms with Gasteiger partial charge in [-0.3, -0.25) is 6.08 Å². The van der Waals surface area contributed by atoms with Crippen LogP contribution in [0.4, 0.5) is 0 Å². The third-order valence-electron chi connectivity index (χ3n) is 0.586. The molecule has 2 heteroatoms. The van der Waals surface area contributed by atoms with Gasteiger partial charge in [0.05, 0.1) is 0 Å². The van der Waals surface area contributed by atoms with Crippen molar-refractivity contribution in [3.63, 3.8) is 0 Å². The van der Waals surface area contributed by atoms with E-state index < -0.39 is 0 Å². The number of hydrogen-bond donors (Lipinski definition) is 0. The molecule has 0 fully saturated rings. The van der Waals surface area contributed by atoms with Crippen molar-refractivity contribution in [3.05, 3.63) is 24.3 Å². The van der Waals surface area contributed by atoms with Gasteiger partial charge >= 0.3 is 0 Å². The van der Waals surface area contributed by atoms with Gasteiger partial charge in [-0.15, -0.1) is 6.42 Å². The van der Waals surface area contributed by atoms with Gasteiger partial charge in [0.1, 0.15) is 0 Å². The summed E-state index contributed by atoms with van der Waals surface area (Å²) < 4.78 is 0. The molecular formula is C8H14NZr-. The van der Waals surface area contributed by atoms with Gasteiger partial charge in [0.25, 0.3) is 0 Å². The minimum atomic E-state index is 0. The molecule has 0 aromatic rings. The van der Waals surface area contributed by atoms with Crippen molar-refractivity contribution in [2.75, 3.05) is 21.1 Å². The summed E-state index contributed by atoms with van der Waals surface area (Å²) in [4.78, 5) is 2.00. The number of allylic oxidation sites excluding steroid dienone is 4. The second kappa shape index (κ2) is 9.32. The van der Waals surface area contributed by atoms with Crippen LogP contribution in [0, 0.1) is 6.08 Å². The summed E-state index contributed by atoms with van der Waals surface area (Å²) in [7, 11) is 6.00. The van der Waals surface area contributed by atoms with Crippen LogP contribution in [0.2, 0.25) is 0 Å². The van der Waals surface area contributed by atoms with Gasteiger partial charge in [0.15, 0.2) is 0 Å². The molecule has 0 aromatic carbocycles. The summed E-state index contributed by atoms with van der Waals surface area (Å²) in [5.74, 6) is 0. The van der Waals surface area contributed by atoms with E-state index >= 15 is 0 Å². The van der Waals surface area contributed by atoms with E-state index in [1.807, 2.05) is 38.2 Å². The van der Waals surface area contributed by atoms with E-state index in [4.69, 9.17) is 0 Å². The van der Waals surface area contributed by atoms with Gasteiger partial charge in [-0.25, -0.2) is 12.2 Å². The fourth-order valence-corrected chi connectivity index (χ4v) is 0.340. The zero-order valence-corrected chi connectivity index (χ0v) is 9.34. The summed E-state index contributed by atoms with van der Waals surface area (Å²) in [6.45, 7) is 0. The summed E-state index contributed by atoms with van der Waals surface area (Å²) in [6, 6.07) is 0. The Hall–Kier alpha value is 0.323. The quantitative estimate of drug-likeness (QED) is 0.553. The predicted octanol–water partition coefficient (Wildman–Crippen LogP) is 1.48. The van der Waals surface area contributed by atoms with E-state index in [1.165, 1.54) is 0 Å². The average molecular weight is 215 g/mol. The summed E-state index contributed by atoms with van der Waals surface area (Å²) >= 11 is 0. The first kappa shape index (κ1) is 13.0. The van der Waals surface area contributed by atoms with Gasteiger partial charge in [-0.05, 0) is 21.1 Å². The van der Waals surface area contributed by atoms with E-state index in [9.17, 15) is 0 Å². The molecule has 1 rings (SSSR count). The predicted molar refractivity (Wildman–Crippen MR) is 41.2 cm³/mol. The van der Waals surface area contributed by atoms with Gasteiger partial charge in [-0.1, -0.05) is 0 Å². The first-order valence-corrected chi connectivity index (χ1v) is 3.06. The smallest absolute Gasteiger partial charge is 0 e. The Morgan fingerprint density at radius 3 is 1.90 bits per heavy atom. The maximum atomic E-state index is 2.99. The molecule has 0 saturated heterocycles. The molecule has 56 valence electrons. The van der Waals surface area contributed by atoms with E-state index in [0.717, 1.165) is 6.42 Å². The molecular weight excluding hydrogens is 201 g/mol. The number of hydrogen-bond acceptors (Lipinski definition) is 1. The fraction of sp³-hybridized carbons (Fsp3) is 0.500. The average Bonchev–Trinajstić information content (AvgIpc) is 2.11.